The Morgan fingerprint density at radius 2 is 1.90 bits per heavy atom. The summed E-state index contributed by atoms with van der Waals surface area (Å²) in [6.45, 7) is 6.03. The third-order valence-corrected chi connectivity index (χ3v) is 7.25. The van der Waals surface area contributed by atoms with E-state index in [0.717, 1.165) is 23.8 Å². The van der Waals surface area contributed by atoms with E-state index in [-0.39, 0.29) is 5.54 Å². The zero-order chi connectivity index (χ0) is 20.8. The smallest absolute Gasteiger partial charge is 0.226 e. The first-order valence-electron chi connectivity index (χ1n) is 11.0. The minimum atomic E-state index is 0.283. The third kappa shape index (κ3) is 5.01. The Balaban J connectivity index is 1.32. The standard InChI is InChI=1S/C23H33N5OS/c1-18-5-7-19(8-6-18)21-27-20(16-29-21)15-25-22(24-2)26-17-23(9-3-4-10-23)28-11-13-30-14-12-28/h5-8,16H,3-4,9-15,17H2,1-2H3,(H2,24,25,26). The minimum Gasteiger partial charge on any atom is -0.444 e. The summed E-state index contributed by atoms with van der Waals surface area (Å²) in [5, 5.41) is 6.99. The molecule has 1 saturated carbocycles. The summed E-state index contributed by atoms with van der Waals surface area (Å²) in [5.41, 5.74) is 3.38. The Morgan fingerprint density at radius 1 is 1.17 bits per heavy atom. The van der Waals surface area contributed by atoms with Crippen LogP contribution in [-0.4, -0.2) is 59.6 Å². The molecule has 6 nitrogen and oxygen atoms in total. The number of aromatic nitrogens is 1. The number of hydrogen-bond acceptors (Lipinski definition) is 5. The van der Waals surface area contributed by atoms with Gasteiger partial charge >= 0.3 is 0 Å². The molecule has 0 spiro atoms. The average Bonchev–Trinajstić information content (AvgIpc) is 3.46. The van der Waals surface area contributed by atoms with Gasteiger partial charge in [-0.1, -0.05) is 30.5 Å². The van der Waals surface area contributed by atoms with E-state index in [9.17, 15) is 0 Å². The van der Waals surface area contributed by atoms with Gasteiger partial charge in [-0.2, -0.15) is 11.8 Å². The molecule has 30 heavy (non-hydrogen) atoms. The van der Waals surface area contributed by atoms with Crippen LogP contribution in [0.1, 0.15) is 36.9 Å². The maximum atomic E-state index is 5.67. The van der Waals surface area contributed by atoms with Crippen molar-refractivity contribution in [1.29, 1.82) is 0 Å². The van der Waals surface area contributed by atoms with Crippen molar-refractivity contribution in [2.75, 3.05) is 38.2 Å². The number of aryl methyl sites for hydroxylation is 1. The van der Waals surface area contributed by atoms with Gasteiger partial charge in [-0.15, -0.1) is 0 Å². The molecule has 1 aliphatic heterocycles. The van der Waals surface area contributed by atoms with Gasteiger partial charge in [0, 0.05) is 49.3 Å². The SMILES string of the molecule is CN=C(NCc1coc(-c2ccc(C)cc2)n1)NCC1(N2CCSCC2)CCCC1. The van der Waals surface area contributed by atoms with Gasteiger partial charge in [0.1, 0.15) is 6.26 Å². The van der Waals surface area contributed by atoms with Crippen molar-refractivity contribution in [3.63, 3.8) is 0 Å². The number of thioether (sulfide) groups is 1. The number of oxazole rings is 1. The predicted molar refractivity (Wildman–Crippen MR) is 125 cm³/mol. The van der Waals surface area contributed by atoms with Crippen molar-refractivity contribution in [3.05, 3.63) is 41.8 Å². The normalized spacial score (nSPS) is 19.7. The lowest BCUT2D eigenvalue weighted by Crippen LogP contribution is -2.57. The molecule has 162 valence electrons. The number of aliphatic imine (C=N–C) groups is 1. The number of nitrogens with zero attached hydrogens (tertiary/aromatic N) is 3. The van der Waals surface area contributed by atoms with Crippen molar-refractivity contribution in [2.45, 2.75) is 44.7 Å². The lowest BCUT2D eigenvalue weighted by molar-refractivity contribution is 0.107. The van der Waals surface area contributed by atoms with E-state index in [0.29, 0.717) is 12.4 Å². The summed E-state index contributed by atoms with van der Waals surface area (Å²) in [7, 11) is 1.83. The molecule has 0 bridgehead atoms. The fraction of sp³-hybridized carbons (Fsp3) is 0.565. The van der Waals surface area contributed by atoms with Crippen molar-refractivity contribution in [3.8, 4) is 11.5 Å². The van der Waals surface area contributed by atoms with Crippen molar-refractivity contribution >= 4 is 17.7 Å². The van der Waals surface area contributed by atoms with Crippen LogP contribution in [0.15, 0.2) is 39.9 Å². The lowest BCUT2D eigenvalue weighted by Gasteiger charge is -2.43. The maximum absolute atomic E-state index is 5.67. The summed E-state index contributed by atoms with van der Waals surface area (Å²) in [4.78, 5) is 11.8. The molecule has 1 aliphatic carbocycles. The fourth-order valence-electron chi connectivity index (χ4n) is 4.54. The van der Waals surface area contributed by atoms with Crippen LogP contribution < -0.4 is 10.6 Å². The van der Waals surface area contributed by atoms with E-state index in [1.54, 1.807) is 6.26 Å². The van der Waals surface area contributed by atoms with Gasteiger partial charge in [-0.25, -0.2) is 4.98 Å². The molecule has 0 unspecified atom stereocenters. The summed E-state index contributed by atoms with van der Waals surface area (Å²) in [5.74, 6) is 3.99. The van der Waals surface area contributed by atoms with E-state index in [1.165, 1.54) is 55.8 Å². The average molecular weight is 428 g/mol. The van der Waals surface area contributed by atoms with E-state index < -0.39 is 0 Å². The second kappa shape index (κ2) is 9.88. The monoisotopic (exact) mass is 427 g/mol. The van der Waals surface area contributed by atoms with Crippen LogP contribution in [0, 0.1) is 6.92 Å². The Labute approximate surface area is 183 Å². The van der Waals surface area contributed by atoms with Gasteiger partial charge in [0.15, 0.2) is 5.96 Å². The number of rotatable bonds is 6. The second-order valence-electron chi connectivity index (χ2n) is 8.32. The van der Waals surface area contributed by atoms with Gasteiger partial charge in [0.05, 0.1) is 12.2 Å². The molecule has 0 amide bonds. The summed E-state index contributed by atoms with van der Waals surface area (Å²) < 4.78 is 5.67. The van der Waals surface area contributed by atoms with Gasteiger partial charge in [-0.3, -0.25) is 9.89 Å². The Hall–Kier alpha value is -1.99. The molecule has 2 N–H and O–H groups in total. The minimum absolute atomic E-state index is 0.283. The molecule has 1 saturated heterocycles. The molecular weight excluding hydrogens is 394 g/mol. The molecule has 2 heterocycles. The van der Waals surface area contributed by atoms with Gasteiger partial charge in [0.2, 0.25) is 5.89 Å². The predicted octanol–water partition coefficient (Wildman–Crippen LogP) is 3.68. The van der Waals surface area contributed by atoms with Crippen LogP contribution in [-0.2, 0) is 6.54 Å². The molecule has 1 aromatic heterocycles. The van der Waals surface area contributed by atoms with E-state index in [2.05, 4.69) is 56.3 Å². The Bertz CT molecular complexity index is 836. The molecule has 0 radical (unpaired) electrons. The quantitative estimate of drug-likeness (QED) is 0.542. The zero-order valence-corrected chi connectivity index (χ0v) is 18.9. The fourth-order valence-corrected chi connectivity index (χ4v) is 5.44. The molecule has 2 fully saturated rings. The van der Waals surface area contributed by atoms with Crippen LogP contribution in [0.4, 0.5) is 0 Å². The highest BCUT2D eigenvalue weighted by Crippen LogP contribution is 2.36. The highest BCUT2D eigenvalue weighted by molar-refractivity contribution is 7.99. The number of hydrogen-bond donors (Lipinski definition) is 2. The molecule has 2 aromatic rings. The number of guanidine groups is 1. The first-order valence-corrected chi connectivity index (χ1v) is 12.1. The van der Waals surface area contributed by atoms with Crippen molar-refractivity contribution < 1.29 is 4.42 Å². The Kier molecular flexibility index (Phi) is 7.00. The summed E-state index contributed by atoms with van der Waals surface area (Å²) >= 11 is 2.08. The molecule has 1 aromatic carbocycles. The molecule has 0 atom stereocenters. The molecule has 7 heteroatoms. The molecular formula is C23H33N5OS. The first kappa shape index (κ1) is 21.2. The summed E-state index contributed by atoms with van der Waals surface area (Å²) in [6, 6.07) is 8.23. The van der Waals surface area contributed by atoms with Crippen LogP contribution >= 0.6 is 11.8 Å². The number of benzene rings is 1. The number of nitrogens with one attached hydrogen (secondary N) is 2. The summed E-state index contributed by atoms with van der Waals surface area (Å²) in [6.07, 6.45) is 6.95. The van der Waals surface area contributed by atoms with Crippen molar-refractivity contribution in [2.24, 2.45) is 4.99 Å². The Morgan fingerprint density at radius 3 is 2.60 bits per heavy atom. The van der Waals surface area contributed by atoms with E-state index in [1.807, 2.05) is 19.2 Å². The molecule has 4 rings (SSSR count). The van der Waals surface area contributed by atoms with Crippen LogP contribution in [0.2, 0.25) is 0 Å². The first-order chi connectivity index (χ1) is 14.7. The van der Waals surface area contributed by atoms with Gasteiger partial charge in [0.25, 0.3) is 0 Å². The van der Waals surface area contributed by atoms with Gasteiger partial charge < -0.3 is 15.1 Å². The van der Waals surface area contributed by atoms with Crippen LogP contribution in [0.3, 0.4) is 0 Å². The third-order valence-electron chi connectivity index (χ3n) is 6.31. The van der Waals surface area contributed by atoms with E-state index >= 15 is 0 Å². The molecule has 2 aliphatic rings. The lowest BCUT2D eigenvalue weighted by atomic mass is 9.94. The highest BCUT2D eigenvalue weighted by atomic mass is 32.2. The van der Waals surface area contributed by atoms with E-state index in [4.69, 9.17) is 4.42 Å². The van der Waals surface area contributed by atoms with Gasteiger partial charge in [-0.05, 0) is 31.9 Å². The topological polar surface area (TPSA) is 65.7 Å². The second-order valence-corrected chi connectivity index (χ2v) is 9.54. The van der Waals surface area contributed by atoms with Crippen molar-refractivity contribution in [1.82, 2.24) is 20.5 Å². The zero-order valence-electron chi connectivity index (χ0n) is 18.1. The van der Waals surface area contributed by atoms with Crippen LogP contribution in [0.5, 0.6) is 0 Å². The van der Waals surface area contributed by atoms with Crippen LogP contribution in [0.25, 0.3) is 11.5 Å². The largest absolute Gasteiger partial charge is 0.444 e. The highest BCUT2D eigenvalue weighted by Gasteiger charge is 2.39. The maximum Gasteiger partial charge on any atom is 0.226 e.